The van der Waals surface area contributed by atoms with E-state index in [1.807, 2.05) is 0 Å². The number of nitro groups is 2. The van der Waals surface area contributed by atoms with E-state index in [-0.39, 0.29) is 5.56 Å². The van der Waals surface area contributed by atoms with E-state index in [2.05, 4.69) is 0 Å². The lowest BCUT2D eigenvalue weighted by atomic mass is 9.99. The highest BCUT2D eigenvalue weighted by atomic mass is 16.6. The maximum Gasteiger partial charge on any atom is 0.357 e. The number of rotatable bonds is 5. The average Bonchev–Trinajstić information content (AvgIpc) is 2.53. The van der Waals surface area contributed by atoms with Crippen molar-refractivity contribution < 1.29 is 19.4 Å². The Balaban J connectivity index is 2.55. The fourth-order valence-corrected chi connectivity index (χ4v) is 1.90. The summed E-state index contributed by atoms with van der Waals surface area (Å²) in [5, 5.41) is 21.9. The number of nitro benzene ring substituents is 2. The van der Waals surface area contributed by atoms with Crippen molar-refractivity contribution >= 4 is 22.9 Å². The Morgan fingerprint density at radius 3 is 1.95 bits per heavy atom. The molecule has 2 rings (SSSR count). The molecule has 0 atom stereocenters. The SMILES string of the molecule is O=C(C(=O)c1cccc([N+](=O)[O-])c1[N+](=O)[O-])c1ccccc1. The predicted octanol–water partition coefficient (Wildman–Crippen LogP) is 2.57. The van der Waals surface area contributed by atoms with Crippen LogP contribution in [0.2, 0.25) is 0 Å². The highest BCUT2D eigenvalue weighted by Gasteiger charge is 2.34. The van der Waals surface area contributed by atoms with E-state index in [1.54, 1.807) is 6.07 Å². The van der Waals surface area contributed by atoms with E-state index in [9.17, 15) is 29.8 Å². The molecule has 0 radical (unpaired) electrons. The van der Waals surface area contributed by atoms with Gasteiger partial charge in [-0.25, -0.2) is 0 Å². The monoisotopic (exact) mass is 300 g/mol. The van der Waals surface area contributed by atoms with Gasteiger partial charge < -0.3 is 0 Å². The minimum Gasteiger partial charge on any atom is -0.285 e. The summed E-state index contributed by atoms with van der Waals surface area (Å²) in [6, 6.07) is 10.5. The van der Waals surface area contributed by atoms with Gasteiger partial charge in [0.05, 0.1) is 9.85 Å². The van der Waals surface area contributed by atoms with Gasteiger partial charge in [0, 0.05) is 11.6 Å². The summed E-state index contributed by atoms with van der Waals surface area (Å²) >= 11 is 0. The number of hydrogen-bond donors (Lipinski definition) is 0. The van der Waals surface area contributed by atoms with E-state index in [0.717, 1.165) is 18.2 Å². The molecule has 2 aromatic rings. The van der Waals surface area contributed by atoms with Gasteiger partial charge in [0.15, 0.2) is 0 Å². The summed E-state index contributed by atoms with van der Waals surface area (Å²) in [6.07, 6.45) is 0. The number of ketones is 2. The predicted molar refractivity (Wildman–Crippen MR) is 74.9 cm³/mol. The van der Waals surface area contributed by atoms with Crippen LogP contribution in [-0.2, 0) is 0 Å². The summed E-state index contributed by atoms with van der Waals surface area (Å²) in [4.78, 5) is 44.1. The van der Waals surface area contributed by atoms with Crippen LogP contribution in [0.3, 0.4) is 0 Å². The Kier molecular flexibility index (Phi) is 4.03. The largest absolute Gasteiger partial charge is 0.357 e. The highest BCUT2D eigenvalue weighted by Crippen LogP contribution is 2.31. The molecule has 8 nitrogen and oxygen atoms in total. The number of hydrogen-bond acceptors (Lipinski definition) is 6. The third kappa shape index (κ3) is 2.70. The third-order valence-corrected chi connectivity index (χ3v) is 2.88. The summed E-state index contributed by atoms with van der Waals surface area (Å²) < 4.78 is 0. The lowest BCUT2D eigenvalue weighted by Crippen LogP contribution is -2.16. The Labute approximate surface area is 123 Å². The van der Waals surface area contributed by atoms with Gasteiger partial charge in [-0.05, 0) is 6.07 Å². The van der Waals surface area contributed by atoms with Crippen molar-refractivity contribution in [1.82, 2.24) is 0 Å². The Hall–Kier alpha value is -3.42. The van der Waals surface area contributed by atoms with Crippen LogP contribution in [0, 0.1) is 20.2 Å². The van der Waals surface area contributed by atoms with E-state index in [1.165, 1.54) is 24.3 Å². The molecule has 0 aliphatic rings. The summed E-state index contributed by atoms with van der Waals surface area (Å²) in [5.41, 5.74) is -2.38. The zero-order valence-corrected chi connectivity index (χ0v) is 11.0. The number of Topliss-reactive ketones (excluding diaryl/α,β-unsaturated/α-hetero) is 2. The molecule has 0 saturated heterocycles. The second-order valence-corrected chi connectivity index (χ2v) is 4.21. The molecule has 0 amide bonds. The molecular formula is C14H8N2O6. The number of carbonyl (C=O) groups is 2. The Bertz CT molecular complexity index is 785. The fraction of sp³-hybridized carbons (Fsp3) is 0. The van der Waals surface area contributed by atoms with Gasteiger partial charge >= 0.3 is 11.4 Å². The molecule has 8 heteroatoms. The van der Waals surface area contributed by atoms with E-state index >= 15 is 0 Å². The quantitative estimate of drug-likeness (QED) is 0.362. The van der Waals surface area contributed by atoms with Crippen molar-refractivity contribution in [2.45, 2.75) is 0 Å². The molecule has 0 aliphatic heterocycles. The molecule has 0 spiro atoms. The zero-order valence-electron chi connectivity index (χ0n) is 11.0. The highest BCUT2D eigenvalue weighted by molar-refractivity contribution is 6.50. The number of para-hydroxylation sites is 1. The molecule has 0 aliphatic carbocycles. The molecule has 0 bridgehead atoms. The van der Waals surface area contributed by atoms with Crippen molar-refractivity contribution in [3.63, 3.8) is 0 Å². The van der Waals surface area contributed by atoms with Crippen LogP contribution >= 0.6 is 0 Å². The van der Waals surface area contributed by atoms with Crippen molar-refractivity contribution in [2.75, 3.05) is 0 Å². The standard InChI is InChI=1S/C14H8N2O6/c17-13(9-5-2-1-3-6-9)14(18)10-7-4-8-11(15(19)20)12(10)16(21)22/h1-8H. The fourth-order valence-electron chi connectivity index (χ4n) is 1.90. The van der Waals surface area contributed by atoms with Crippen LogP contribution in [0.5, 0.6) is 0 Å². The number of carbonyl (C=O) groups excluding carboxylic acids is 2. The van der Waals surface area contributed by atoms with Crippen molar-refractivity contribution in [1.29, 1.82) is 0 Å². The lowest BCUT2D eigenvalue weighted by molar-refractivity contribution is -0.422. The first kappa shape index (κ1) is 15.0. The minimum atomic E-state index is -1.17. The van der Waals surface area contributed by atoms with Gasteiger partial charge in [0.1, 0.15) is 5.56 Å². The topological polar surface area (TPSA) is 120 Å². The van der Waals surface area contributed by atoms with Crippen LogP contribution in [0.4, 0.5) is 11.4 Å². The van der Waals surface area contributed by atoms with Crippen LogP contribution in [0.1, 0.15) is 20.7 Å². The molecule has 110 valence electrons. The second kappa shape index (κ2) is 5.92. The minimum absolute atomic E-state index is 0.0494. The van der Waals surface area contributed by atoms with Gasteiger partial charge in [-0.1, -0.05) is 36.4 Å². The van der Waals surface area contributed by atoms with Crippen LogP contribution in [0.25, 0.3) is 0 Å². The van der Waals surface area contributed by atoms with E-state index in [0.29, 0.717) is 0 Å². The molecule has 0 heterocycles. The third-order valence-electron chi connectivity index (χ3n) is 2.88. The van der Waals surface area contributed by atoms with Gasteiger partial charge in [-0.15, -0.1) is 0 Å². The number of benzene rings is 2. The molecule has 0 unspecified atom stereocenters. The van der Waals surface area contributed by atoms with Crippen molar-refractivity contribution in [2.24, 2.45) is 0 Å². The lowest BCUT2D eigenvalue weighted by Gasteiger charge is -2.02. The first-order valence-corrected chi connectivity index (χ1v) is 5.99. The molecule has 0 aromatic heterocycles. The molecule has 2 aromatic carbocycles. The van der Waals surface area contributed by atoms with Gasteiger partial charge in [0.25, 0.3) is 0 Å². The zero-order chi connectivity index (χ0) is 16.3. The van der Waals surface area contributed by atoms with Gasteiger partial charge in [-0.3, -0.25) is 29.8 Å². The normalized spacial score (nSPS) is 10.0. The summed E-state index contributed by atoms with van der Waals surface area (Å²) in [5.74, 6) is -2.13. The first-order valence-electron chi connectivity index (χ1n) is 5.99. The maximum absolute atomic E-state index is 12.2. The Morgan fingerprint density at radius 2 is 1.41 bits per heavy atom. The van der Waals surface area contributed by atoms with Gasteiger partial charge in [-0.2, -0.15) is 0 Å². The van der Waals surface area contributed by atoms with Crippen LogP contribution in [-0.4, -0.2) is 21.4 Å². The van der Waals surface area contributed by atoms with E-state index < -0.39 is 38.4 Å². The summed E-state index contributed by atoms with van der Waals surface area (Å²) in [6.45, 7) is 0. The molecule has 0 fully saturated rings. The smallest absolute Gasteiger partial charge is 0.285 e. The van der Waals surface area contributed by atoms with E-state index in [4.69, 9.17) is 0 Å². The molecule has 0 N–H and O–H groups in total. The number of nitrogens with zero attached hydrogens (tertiary/aromatic N) is 2. The molecule has 22 heavy (non-hydrogen) atoms. The van der Waals surface area contributed by atoms with Gasteiger partial charge in [0.2, 0.25) is 11.6 Å². The van der Waals surface area contributed by atoms with Crippen molar-refractivity contribution in [3.8, 4) is 0 Å². The maximum atomic E-state index is 12.2. The van der Waals surface area contributed by atoms with Crippen LogP contribution in [0.15, 0.2) is 48.5 Å². The molecule has 0 saturated carbocycles. The van der Waals surface area contributed by atoms with Crippen LogP contribution < -0.4 is 0 Å². The molecular weight excluding hydrogens is 292 g/mol. The average molecular weight is 300 g/mol. The second-order valence-electron chi connectivity index (χ2n) is 4.21. The first-order chi connectivity index (χ1) is 10.4. The van der Waals surface area contributed by atoms with Crippen molar-refractivity contribution in [3.05, 3.63) is 79.9 Å². The Morgan fingerprint density at radius 1 is 0.773 bits per heavy atom. The summed E-state index contributed by atoms with van der Waals surface area (Å²) in [7, 11) is 0.